The van der Waals surface area contributed by atoms with Crippen LogP contribution in [0.3, 0.4) is 0 Å². The van der Waals surface area contributed by atoms with Crippen molar-refractivity contribution in [1.82, 2.24) is 0 Å². The van der Waals surface area contributed by atoms with Crippen molar-refractivity contribution in [1.29, 1.82) is 0 Å². The van der Waals surface area contributed by atoms with Gasteiger partial charge in [-0.25, -0.2) is 0 Å². The third kappa shape index (κ3) is 5.37. The van der Waals surface area contributed by atoms with Crippen LogP contribution >= 0.6 is 0 Å². The van der Waals surface area contributed by atoms with Gasteiger partial charge in [-0.2, -0.15) is 0 Å². The number of nitrogens with zero attached hydrogens (tertiary/aromatic N) is 1. The Balaban J connectivity index is 0.00000132. The Labute approximate surface area is 183 Å². The monoisotopic (exact) mass is 419 g/mol. The van der Waals surface area contributed by atoms with E-state index in [0.717, 1.165) is 34.2 Å². The smallest absolute Gasteiger partial charge is 0.306 e. The first-order valence-corrected chi connectivity index (χ1v) is 10.7. The second-order valence-corrected chi connectivity index (χ2v) is 7.12. The number of para-hydroxylation sites is 4. The Kier molecular flexibility index (Phi) is 7.55. The minimum Gasteiger partial charge on any atom is -0.492 e. The van der Waals surface area contributed by atoms with Gasteiger partial charge < -0.3 is 19.5 Å². The summed E-state index contributed by atoms with van der Waals surface area (Å²) in [7, 11) is 0. The molecule has 0 saturated heterocycles. The van der Waals surface area contributed by atoms with E-state index in [1.54, 1.807) is 6.92 Å². The van der Waals surface area contributed by atoms with E-state index in [9.17, 15) is 4.79 Å². The minimum absolute atomic E-state index is 0.400. The fourth-order valence-corrected chi connectivity index (χ4v) is 3.44. The highest BCUT2D eigenvalue weighted by Gasteiger charge is 2.23. The van der Waals surface area contributed by atoms with E-state index in [1.165, 1.54) is 0 Å². The average molecular weight is 420 g/mol. The molecule has 31 heavy (non-hydrogen) atoms. The Morgan fingerprint density at radius 2 is 1.48 bits per heavy atom. The molecule has 0 fully saturated rings. The van der Waals surface area contributed by atoms with E-state index in [2.05, 4.69) is 4.90 Å². The Bertz CT molecular complexity index is 955. The molecule has 4 rings (SSSR count). The maximum Gasteiger partial charge on any atom is 0.306 e. The maximum atomic E-state index is 11.0. The second kappa shape index (κ2) is 10.5. The molecule has 3 aromatic carbocycles. The summed E-state index contributed by atoms with van der Waals surface area (Å²) in [6, 6.07) is 23.6. The summed E-state index contributed by atoms with van der Waals surface area (Å²) in [5.41, 5.74) is 3.03. The van der Waals surface area contributed by atoms with Crippen LogP contribution < -0.4 is 14.4 Å². The molecule has 5 nitrogen and oxygen atoms in total. The van der Waals surface area contributed by atoms with E-state index in [-0.39, 0.29) is 0 Å². The van der Waals surface area contributed by atoms with E-state index in [1.807, 2.05) is 86.6 Å². The van der Waals surface area contributed by atoms with Crippen molar-refractivity contribution in [3.8, 4) is 17.2 Å². The molecule has 0 amide bonds. The molecule has 0 bridgehead atoms. The quantitative estimate of drug-likeness (QED) is 0.487. The number of anilines is 2. The van der Waals surface area contributed by atoms with Gasteiger partial charge in [0.25, 0.3) is 0 Å². The van der Waals surface area contributed by atoms with Gasteiger partial charge >= 0.3 is 5.97 Å². The van der Waals surface area contributed by atoms with E-state index in [4.69, 9.17) is 14.6 Å². The van der Waals surface area contributed by atoms with Crippen LogP contribution in [0, 0.1) is 5.92 Å². The molecular formula is C26H29NO4. The molecule has 1 atom stereocenters. The normalized spacial score (nSPS) is 12.4. The fourth-order valence-electron chi connectivity index (χ4n) is 3.44. The first kappa shape index (κ1) is 22.2. The first-order valence-electron chi connectivity index (χ1n) is 10.7. The van der Waals surface area contributed by atoms with Gasteiger partial charge in [0.2, 0.25) is 0 Å². The molecule has 1 heterocycles. The second-order valence-electron chi connectivity index (χ2n) is 7.12. The van der Waals surface area contributed by atoms with Crippen LogP contribution in [-0.4, -0.2) is 24.2 Å². The average Bonchev–Trinajstić information content (AvgIpc) is 2.81. The third-order valence-electron chi connectivity index (χ3n) is 5.00. The van der Waals surface area contributed by atoms with Gasteiger partial charge in [-0.05, 0) is 48.4 Å². The van der Waals surface area contributed by atoms with Crippen LogP contribution in [0.25, 0.3) is 0 Å². The number of hydrogen-bond donors (Lipinski definition) is 1. The third-order valence-corrected chi connectivity index (χ3v) is 5.00. The number of ether oxygens (including phenoxy) is 2. The van der Waals surface area contributed by atoms with Crippen molar-refractivity contribution in [2.45, 2.75) is 27.2 Å². The predicted octanol–water partition coefficient (Wildman–Crippen LogP) is 6.30. The molecular weight excluding hydrogens is 390 g/mol. The van der Waals surface area contributed by atoms with Crippen LogP contribution in [0.4, 0.5) is 11.4 Å². The number of rotatable bonds is 7. The largest absolute Gasteiger partial charge is 0.492 e. The predicted molar refractivity (Wildman–Crippen MR) is 124 cm³/mol. The molecule has 3 aromatic rings. The van der Waals surface area contributed by atoms with E-state index < -0.39 is 11.9 Å². The topological polar surface area (TPSA) is 59.0 Å². The lowest BCUT2D eigenvalue weighted by molar-refractivity contribution is -0.141. The summed E-state index contributed by atoms with van der Waals surface area (Å²) in [6.07, 6.45) is 0.511. The summed E-state index contributed by atoms with van der Waals surface area (Å²) in [5, 5.41) is 9.04. The van der Waals surface area contributed by atoms with Gasteiger partial charge in [0.15, 0.2) is 11.5 Å². The van der Waals surface area contributed by atoms with Gasteiger partial charge in [0.1, 0.15) is 12.4 Å². The zero-order valence-corrected chi connectivity index (χ0v) is 18.2. The van der Waals surface area contributed by atoms with Gasteiger partial charge in [0, 0.05) is 0 Å². The van der Waals surface area contributed by atoms with Crippen LogP contribution in [-0.2, 0) is 11.2 Å². The summed E-state index contributed by atoms with van der Waals surface area (Å²) in [6.45, 7) is 6.90. The highest BCUT2D eigenvalue weighted by Crippen LogP contribution is 2.45. The molecule has 5 heteroatoms. The number of carboxylic acids is 1. The number of benzene rings is 3. The van der Waals surface area contributed by atoms with Crippen molar-refractivity contribution in [3.63, 3.8) is 0 Å². The lowest BCUT2D eigenvalue weighted by Crippen LogP contribution is -2.26. The molecule has 1 aliphatic heterocycles. The van der Waals surface area contributed by atoms with Crippen molar-refractivity contribution >= 4 is 17.3 Å². The summed E-state index contributed by atoms with van der Waals surface area (Å²) in [4.78, 5) is 13.2. The molecule has 1 unspecified atom stereocenters. The lowest BCUT2D eigenvalue weighted by Gasteiger charge is -2.32. The number of carbonyl (C=O) groups is 1. The zero-order chi connectivity index (χ0) is 22.2. The Morgan fingerprint density at radius 1 is 0.935 bits per heavy atom. The van der Waals surface area contributed by atoms with Crippen LogP contribution in [0.5, 0.6) is 17.2 Å². The SMILES string of the molecule is CC.CC(Cc1ccc(OCCN2c3ccccc3Oc3ccccc32)cc1)C(=O)O. The maximum absolute atomic E-state index is 11.0. The highest BCUT2D eigenvalue weighted by molar-refractivity contribution is 5.77. The molecule has 0 aliphatic carbocycles. The van der Waals surface area contributed by atoms with Crippen LogP contribution in [0.15, 0.2) is 72.8 Å². The van der Waals surface area contributed by atoms with Gasteiger partial charge in [0.05, 0.1) is 23.8 Å². The Morgan fingerprint density at radius 3 is 2.03 bits per heavy atom. The molecule has 162 valence electrons. The van der Waals surface area contributed by atoms with E-state index in [0.29, 0.717) is 19.6 Å². The lowest BCUT2D eigenvalue weighted by atomic mass is 10.0. The molecule has 0 aromatic heterocycles. The molecule has 0 spiro atoms. The van der Waals surface area contributed by atoms with Crippen molar-refractivity contribution in [3.05, 3.63) is 78.4 Å². The van der Waals surface area contributed by atoms with Crippen molar-refractivity contribution in [2.75, 3.05) is 18.1 Å². The van der Waals surface area contributed by atoms with Crippen molar-refractivity contribution < 1.29 is 19.4 Å². The standard InChI is InChI=1S/C24H23NO4.C2H6/c1-17(24(26)27)16-18-10-12-19(13-11-18)28-15-14-25-20-6-2-4-8-22(20)29-23-9-5-3-7-21(23)25;1-2/h2-13,17H,14-16H2,1H3,(H,26,27);1-2H3. The Hall–Kier alpha value is -3.47. The molecule has 0 saturated carbocycles. The highest BCUT2D eigenvalue weighted by atomic mass is 16.5. The summed E-state index contributed by atoms with van der Waals surface area (Å²) >= 11 is 0. The number of aliphatic carboxylic acids is 1. The zero-order valence-electron chi connectivity index (χ0n) is 18.2. The van der Waals surface area contributed by atoms with Gasteiger partial charge in [-0.3, -0.25) is 4.79 Å². The minimum atomic E-state index is -0.781. The van der Waals surface area contributed by atoms with Crippen LogP contribution in [0.1, 0.15) is 26.3 Å². The summed E-state index contributed by atoms with van der Waals surface area (Å²) < 4.78 is 12.0. The number of hydrogen-bond acceptors (Lipinski definition) is 4. The van der Waals surface area contributed by atoms with Crippen molar-refractivity contribution in [2.24, 2.45) is 5.92 Å². The molecule has 0 radical (unpaired) electrons. The fraction of sp³-hybridized carbons (Fsp3) is 0.269. The number of carboxylic acid groups (broad SMARTS) is 1. The van der Waals surface area contributed by atoms with Gasteiger partial charge in [-0.1, -0.05) is 57.2 Å². The van der Waals surface area contributed by atoms with Crippen LogP contribution in [0.2, 0.25) is 0 Å². The summed E-state index contributed by atoms with van der Waals surface area (Å²) in [5.74, 6) is 1.26. The van der Waals surface area contributed by atoms with Gasteiger partial charge in [-0.15, -0.1) is 0 Å². The molecule has 1 aliphatic rings. The molecule has 1 N–H and O–H groups in total. The first-order chi connectivity index (χ1) is 15.1. The number of fused-ring (bicyclic) bond motifs is 2. The van der Waals surface area contributed by atoms with E-state index >= 15 is 0 Å².